The summed E-state index contributed by atoms with van der Waals surface area (Å²) in [7, 11) is 0. The van der Waals surface area contributed by atoms with Crippen LogP contribution in [0.5, 0.6) is 0 Å². The molecule has 0 bridgehead atoms. The number of anilines is 1. The van der Waals surface area contributed by atoms with Crippen molar-refractivity contribution in [2.24, 2.45) is 0 Å². The van der Waals surface area contributed by atoms with Gasteiger partial charge in [0.25, 0.3) is 0 Å². The topological polar surface area (TPSA) is 36.3 Å². The average Bonchev–Trinajstić information content (AvgIpc) is 2.41. The van der Waals surface area contributed by atoms with Crippen molar-refractivity contribution in [2.75, 3.05) is 24.6 Å². The van der Waals surface area contributed by atoms with Crippen LogP contribution in [0.15, 0.2) is 24.3 Å². The zero-order valence-electron chi connectivity index (χ0n) is 11.1. The second kappa shape index (κ2) is 5.88. The van der Waals surface area contributed by atoms with Crippen molar-refractivity contribution in [3.8, 4) is 6.07 Å². The summed E-state index contributed by atoms with van der Waals surface area (Å²) in [6.07, 6.45) is 0.870. The highest BCUT2D eigenvalue weighted by atomic mass is 16.5. The van der Waals surface area contributed by atoms with E-state index < -0.39 is 0 Å². The van der Waals surface area contributed by atoms with E-state index in [1.807, 2.05) is 0 Å². The molecule has 18 heavy (non-hydrogen) atoms. The van der Waals surface area contributed by atoms with Gasteiger partial charge in [0.1, 0.15) is 6.10 Å². The van der Waals surface area contributed by atoms with E-state index in [0.29, 0.717) is 12.5 Å². The van der Waals surface area contributed by atoms with Gasteiger partial charge < -0.3 is 9.64 Å². The highest BCUT2D eigenvalue weighted by Crippen LogP contribution is 2.34. The Hall–Kier alpha value is -1.53. The minimum absolute atomic E-state index is 0.316. The predicted molar refractivity (Wildman–Crippen MR) is 72.7 cm³/mol. The lowest BCUT2D eigenvalue weighted by molar-refractivity contribution is 0.107. The molecular weight excluding hydrogens is 224 g/mol. The molecule has 2 atom stereocenters. The van der Waals surface area contributed by atoms with E-state index in [4.69, 9.17) is 10.00 Å². The van der Waals surface area contributed by atoms with Crippen LogP contribution in [0.1, 0.15) is 31.7 Å². The van der Waals surface area contributed by atoms with Crippen LogP contribution in [0, 0.1) is 11.3 Å². The van der Waals surface area contributed by atoms with E-state index >= 15 is 0 Å². The molecule has 3 heteroatoms. The quantitative estimate of drug-likeness (QED) is 0.817. The molecule has 0 amide bonds. The lowest BCUT2D eigenvalue weighted by atomic mass is 9.91. The standard InChI is InChI=1S/C15H20N2O/c1-12-7-8-17(9-10-18-13(2)11-16)15-6-4-3-5-14(12)15/h3-6,12-13H,7-10H2,1-2H3. The third kappa shape index (κ3) is 2.83. The molecule has 1 aromatic rings. The average molecular weight is 244 g/mol. The maximum Gasteiger partial charge on any atom is 0.141 e. The number of benzene rings is 1. The smallest absolute Gasteiger partial charge is 0.141 e. The van der Waals surface area contributed by atoms with Gasteiger partial charge in [0, 0.05) is 18.8 Å². The van der Waals surface area contributed by atoms with Gasteiger partial charge in [-0.2, -0.15) is 5.26 Å². The van der Waals surface area contributed by atoms with Crippen LogP contribution in [-0.2, 0) is 4.74 Å². The van der Waals surface area contributed by atoms with Crippen LogP contribution in [0.25, 0.3) is 0 Å². The molecule has 1 heterocycles. The van der Waals surface area contributed by atoms with Gasteiger partial charge in [0.05, 0.1) is 12.7 Å². The molecule has 1 aliphatic rings. The van der Waals surface area contributed by atoms with Crippen molar-refractivity contribution < 1.29 is 4.74 Å². The van der Waals surface area contributed by atoms with Gasteiger partial charge in [-0.15, -0.1) is 0 Å². The highest BCUT2D eigenvalue weighted by molar-refractivity contribution is 5.56. The fourth-order valence-electron chi connectivity index (χ4n) is 2.43. The molecule has 0 aromatic heterocycles. The molecule has 0 aliphatic carbocycles. The summed E-state index contributed by atoms with van der Waals surface area (Å²) in [5.74, 6) is 0.636. The third-order valence-electron chi connectivity index (χ3n) is 3.55. The molecule has 0 fully saturated rings. The number of rotatable bonds is 4. The number of nitriles is 1. The van der Waals surface area contributed by atoms with Crippen molar-refractivity contribution in [3.05, 3.63) is 29.8 Å². The normalized spacial score (nSPS) is 20.1. The number of hydrogen-bond acceptors (Lipinski definition) is 3. The van der Waals surface area contributed by atoms with Gasteiger partial charge in [-0.05, 0) is 30.9 Å². The first-order valence-electron chi connectivity index (χ1n) is 6.57. The van der Waals surface area contributed by atoms with Crippen molar-refractivity contribution in [1.82, 2.24) is 0 Å². The Kier molecular flexibility index (Phi) is 4.22. The maximum atomic E-state index is 8.68. The van der Waals surface area contributed by atoms with Crippen LogP contribution < -0.4 is 4.90 Å². The zero-order chi connectivity index (χ0) is 13.0. The Bertz CT molecular complexity index is 438. The number of hydrogen-bond donors (Lipinski definition) is 0. The Labute approximate surface area is 109 Å². The molecule has 2 rings (SSSR count). The number of para-hydroxylation sites is 1. The maximum absolute atomic E-state index is 8.68. The van der Waals surface area contributed by atoms with Crippen molar-refractivity contribution >= 4 is 5.69 Å². The van der Waals surface area contributed by atoms with Gasteiger partial charge in [-0.3, -0.25) is 0 Å². The summed E-state index contributed by atoms with van der Waals surface area (Å²) in [6, 6.07) is 10.7. The summed E-state index contributed by atoms with van der Waals surface area (Å²) in [4.78, 5) is 2.36. The van der Waals surface area contributed by atoms with Crippen LogP contribution in [0.2, 0.25) is 0 Å². The third-order valence-corrected chi connectivity index (χ3v) is 3.55. The highest BCUT2D eigenvalue weighted by Gasteiger charge is 2.21. The molecule has 0 spiro atoms. The number of fused-ring (bicyclic) bond motifs is 1. The number of ether oxygens (including phenoxy) is 1. The Morgan fingerprint density at radius 1 is 1.50 bits per heavy atom. The fraction of sp³-hybridized carbons (Fsp3) is 0.533. The first-order valence-corrected chi connectivity index (χ1v) is 6.57. The molecule has 1 aromatic carbocycles. The van der Waals surface area contributed by atoms with Crippen molar-refractivity contribution in [3.63, 3.8) is 0 Å². The summed E-state index contributed by atoms with van der Waals surface area (Å²) >= 11 is 0. The minimum atomic E-state index is -0.316. The van der Waals surface area contributed by atoms with E-state index in [-0.39, 0.29) is 6.10 Å². The van der Waals surface area contributed by atoms with E-state index in [1.54, 1.807) is 6.92 Å². The first-order chi connectivity index (χ1) is 8.72. The van der Waals surface area contributed by atoms with Crippen LogP contribution >= 0.6 is 0 Å². The molecule has 0 N–H and O–H groups in total. The monoisotopic (exact) mass is 244 g/mol. The predicted octanol–water partition coefficient (Wildman–Crippen LogP) is 2.93. The van der Waals surface area contributed by atoms with Crippen molar-refractivity contribution in [2.45, 2.75) is 32.3 Å². The minimum Gasteiger partial charge on any atom is -0.369 e. The van der Waals surface area contributed by atoms with Gasteiger partial charge in [-0.25, -0.2) is 0 Å². The lowest BCUT2D eigenvalue weighted by Gasteiger charge is -2.34. The second-order valence-electron chi connectivity index (χ2n) is 4.88. The molecule has 3 nitrogen and oxygen atoms in total. The molecular formula is C15H20N2O. The molecule has 0 saturated heterocycles. The van der Waals surface area contributed by atoms with E-state index in [1.165, 1.54) is 17.7 Å². The van der Waals surface area contributed by atoms with Crippen molar-refractivity contribution in [1.29, 1.82) is 5.26 Å². The summed E-state index contributed by atoms with van der Waals surface area (Å²) in [6.45, 7) is 6.60. The molecule has 2 unspecified atom stereocenters. The van der Waals surface area contributed by atoms with E-state index in [0.717, 1.165) is 13.1 Å². The Balaban J connectivity index is 1.99. The lowest BCUT2D eigenvalue weighted by Crippen LogP contribution is -2.34. The van der Waals surface area contributed by atoms with E-state index in [9.17, 15) is 0 Å². The number of nitrogens with zero attached hydrogens (tertiary/aromatic N) is 2. The summed E-state index contributed by atoms with van der Waals surface area (Å²) in [5.41, 5.74) is 2.75. The summed E-state index contributed by atoms with van der Waals surface area (Å²) in [5, 5.41) is 8.68. The SMILES string of the molecule is CC(C#N)OCCN1CCC(C)c2ccccc21. The second-order valence-corrected chi connectivity index (χ2v) is 4.88. The van der Waals surface area contributed by atoms with Crippen LogP contribution in [-0.4, -0.2) is 25.8 Å². The van der Waals surface area contributed by atoms with Gasteiger partial charge in [0.2, 0.25) is 0 Å². The van der Waals surface area contributed by atoms with Crippen LogP contribution in [0.3, 0.4) is 0 Å². The first kappa shape index (κ1) is 12.9. The summed E-state index contributed by atoms with van der Waals surface area (Å²) < 4.78 is 5.43. The molecule has 0 radical (unpaired) electrons. The Morgan fingerprint density at radius 3 is 3.06 bits per heavy atom. The Morgan fingerprint density at radius 2 is 2.28 bits per heavy atom. The molecule has 1 aliphatic heterocycles. The largest absolute Gasteiger partial charge is 0.369 e. The molecule has 96 valence electrons. The van der Waals surface area contributed by atoms with Crippen LogP contribution in [0.4, 0.5) is 5.69 Å². The molecule has 0 saturated carbocycles. The van der Waals surface area contributed by atoms with Gasteiger partial charge >= 0.3 is 0 Å². The zero-order valence-corrected chi connectivity index (χ0v) is 11.1. The van der Waals surface area contributed by atoms with Gasteiger partial charge in [0.15, 0.2) is 0 Å². The fourth-order valence-corrected chi connectivity index (χ4v) is 2.43. The van der Waals surface area contributed by atoms with E-state index in [2.05, 4.69) is 42.2 Å². The van der Waals surface area contributed by atoms with Gasteiger partial charge in [-0.1, -0.05) is 25.1 Å².